The van der Waals surface area contributed by atoms with Gasteiger partial charge >= 0.3 is 12.4 Å². The van der Waals surface area contributed by atoms with Crippen LogP contribution < -0.4 is 0 Å². The summed E-state index contributed by atoms with van der Waals surface area (Å²) in [6.45, 7) is 2.01. The van der Waals surface area contributed by atoms with Crippen LogP contribution in [0.5, 0.6) is 0 Å². The maximum atomic E-state index is 14.5. The molecule has 0 unspecified atom stereocenters. The van der Waals surface area contributed by atoms with E-state index in [1.54, 1.807) is 0 Å². The Labute approximate surface area is 239 Å². The van der Waals surface area contributed by atoms with E-state index < -0.39 is 62.6 Å². The summed E-state index contributed by atoms with van der Waals surface area (Å²) in [6.07, 6.45) is -10.0. The summed E-state index contributed by atoms with van der Waals surface area (Å²) in [7, 11) is -14.4. The highest BCUT2D eigenvalue weighted by Crippen LogP contribution is 3.04. The second kappa shape index (κ2) is 9.60. The molecule has 0 N–H and O–H groups in total. The first kappa shape index (κ1) is 35.9. The third-order valence-corrected chi connectivity index (χ3v) is 9.13. The van der Waals surface area contributed by atoms with Gasteiger partial charge in [-0.25, -0.2) is 0 Å². The summed E-state index contributed by atoms with van der Waals surface area (Å²) in [5.74, 6) is 0. The summed E-state index contributed by atoms with van der Waals surface area (Å²) in [6, 6.07) is 7.76. The van der Waals surface area contributed by atoms with Crippen LogP contribution in [0, 0.1) is 13.8 Å². The highest BCUT2D eigenvalue weighted by atomic mass is 35.7. The molecule has 0 radical (unpaired) electrons. The van der Waals surface area contributed by atoms with Crippen molar-refractivity contribution in [3.63, 3.8) is 0 Å². The summed E-state index contributed by atoms with van der Waals surface area (Å²) >= 11 is 5.60. The van der Waals surface area contributed by atoms with Crippen molar-refractivity contribution in [2.45, 2.75) is 36.0 Å². The highest BCUT2D eigenvalue weighted by molar-refractivity contribution is 8.65. The summed E-state index contributed by atoms with van der Waals surface area (Å²) in [5, 5.41) is -1.67. The van der Waals surface area contributed by atoms with Gasteiger partial charge in [-0.1, -0.05) is 41.9 Å². The molecule has 0 aromatic heterocycles. The number of aryl methyl sites for hydroxylation is 2. The monoisotopic (exact) mass is 706 g/mol. The van der Waals surface area contributed by atoms with Crippen LogP contribution in [0.2, 0.25) is 0 Å². The molecule has 42 heavy (non-hydrogen) atoms. The van der Waals surface area contributed by atoms with Crippen molar-refractivity contribution in [3.05, 3.63) is 100.0 Å². The quantitative estimate of drug-likeness (QED) is 0.237. The van der Waals surface area contributed by atoms with Crippen molar-refractivity contribution < 1.29 is 57.4 Å². The normalized spacial score (nSPS) is 16.8. The third kappa shape index (κ3) is 9.61. The van der Waals surface area contributed by atoms with E-state index in [0.29, 0.717) is 18.2 Å². The van der Waals surface area contributed by atoms with Crippen molar-refractivity contribution in [1.29, 1.82) is 0 Å². The second-order valence-electron chi connectivity index (χ2n) is 9.00. The van der Waals surface area contributed by atoms with Gasteiger partial charge < -0.3 is 0 Å². The Balaban J connectivity index is 0.000000317. The van der Waals surface area contributed by atoms with Gasteiger partial charge in [0.1, 0.15) is 0 Å². The standard InChI is InChI=1S/C16H12ClF7S.C8H6ClF7S/c1-11-7-13(16(18,19)20)9-14(8-11)25(21,22,23,24)10-15(17)12-5-3-2-4-6-12;1-5-2-6(8(10,11)12)4-7(3-5)17(9,13,14,15)16/h2-10H,1H3;2-4H,1H3/b15-10+;. The van der Waals surface area contributed by atoms with Crippen molar-refractivity contribution in [1.82, 2.24) is 0 Å². The second-order valence-corrected chi connectivity index (χ2v) is 16.7. The van der Waals surface area contributed by atoms with Crippen LogP contribution in [0.1, 0.15) is 27.8 Å². The molecule has 0 fully saturated rings. The van der Waals surface area contributed by atoms with Crippen LogP contribution in [-0.2, 0) is 12.4 Å². The number of benzene rings is 3. The lowest BCUT2D eigenvalue weighted by molar-refractivity contribution is -0.138. The van der Waals surface area contributed by atoms with E-state index in [4.69, 9.17) is 11.6 Å². The van der Waals surface area contributed by atoms with Crippen molar-refractivity contribution in [2.75, 3.05) is 0 Å². The van der Waals surface area contributed by atoms with Gasteiger partial charge in [-0.3, -0.25) is 0 Å². The Hall–Kier alpha value is -2.30. The molecule has 0 nitrogen and oxygen atoms in total. The molecule has 18 heteroatoms. The lowest BCUT2D eigenvalue weighted by Gasteiger charge is -2.47. The highest BCUT2D eigenvalue weighted by Gasteiger charge is 2.64. The Bertz CT molecular complexity index is 1520. The smallest absolute Gasteiger partial charge is 0.166 e. The minimum Gasteiger partial charge on any atom is -0.166 e. The molecule has 3 aromatic carbocycles. The van der Waals surface area contributed by atoms with Crippen LogP contribution in [0.15, 0.2) is 81.9 Å². The van der Waals surface area contributed by atoms with Crippen LogP contribution in [0.3, 0.4) is 0 Å². The van der Waals surface area contributed by atoms with Crippen molar-refractivity contribution in [3.8, 4) is 0 Å². The van der Waals surface area contributed by atoms with E-state index in [0.717, 1.165) is 13.8 Å². The molecule has 3 aromatic rings. The first-order valence-corrected chi connectivity index (χ1v) is 16.1. The lowest BCUT2D eigenvalue weighted by atomic mass is 10.1. The number of rotatable bonds is 4. The molecule has 0 amide bonds. The van der Waals surface area contributed by atoms with E-state index in [9.17, 15) is 57.4 Å². The zero-order chi connectivity index (χ0) is 32.9. The predicted octanol–water partition coefficient (Wildman–Crippen LogP) is 14.0. The van der Waals surface area contributed by atoms with Gasteiger partial charge in [0.2, 0.25) is 9.84 Å². The Kier molecular flexibility index (Phi) is 8.20. The van der Waals surface area contributed by atoms with Gasteiger partial charge in [0, 0.05) is 10.7 Å². The third-order valence-electron chi connectivity index (χ3n) is 5.08. The first-order chi connectivity index (χ1) is 18.2. The maximum absolute atomic E-state index is 14.5. The SMILES string of the molecule is Cc1cc(C(F)(F)F)cc(S(F)(F)(F)(F)/C=C(/Cl)c2ccccc2)c1.Cc1cc(C(F)(F)F)cc(S(F)(F)(F)(F)Cl)c1. The number of halogens is 16. The molecule has 0 aliphatic carbocycles. The Morgan fingerprint density at radius 1 is 0.619 bits per heavy atom. The zero-order valence-electron chi connectivity index (χ0n) is 20.8. The molecule has 0 heterocycles. The molecule has 0 aliphatic heterocycles. The van der Waals surface area contributed by atoms with E-state index in [1.807, 2.05) is 0 Å². The molecule has 3 rings (SSSR count). The van der Waals surface area contributed by atoms with E-state index in [2.05, 4.69) is 10.7 Å². The molecule has 0 spiro atoms. The zero-order valence-corrected chi connectivity index (χ0v) is 23.9. The number of hydrogen-bond acceptors (Lipinski definition) is 0. The van der Waals surface area contributed by atoms with Gasteiger partial charge in [-0.05, 0) is 66.9 Å². The van der Waals surface area contributed by atoms with E-state index in [-0.39, 0.29) is 34.9 Å². The van der Waals surface area contributed by atoms with Gasteiger partial charge in [0.05, 0.1) is 31.4 Å². The van der Waals surface area contributed by atoms with E-state index >= 15 is 0 Å². The maximum Gasteiger partial charge on any atom is 0.416 e. The average molecular weight is 707 g/mol. The van der Waals surface area contributed by atoms with Crippen LogP contribution in [0.25, 0.3) is 5.03 Å². The predicted molar refractivity (Wildman–Crippen MR) is 139 cm³/mol. The van der Waals surface area contributed by atoms with Gasteiger partial charge in [0.15, 0.2) is 0 Å². The largest absolute Gasteiger partial charge is 0.416 e. The van der Waals surface area contributed by atoms with Crippen LogP contribution >= 0.6 is 41.2 Å². The lowest BCUT2D eigenvalue weighted by Crippen LogP contribution is -2.14. The number of alkyl halides is 6. The summed E-state index contributed by atoms with van der Waals surface area (Å²) < 4.78 is 184. The van der Waals surface area contributed by atoms with E-state index in [1.165, 1.54) is 30.3 Å². The van der Waals surface area contributed by atoms with Gasteiger partial charge in [0.25, 0.3) is 9.05 Å². The Morgan fingerprint density at radius 3 is 1.38 bits per heavy atom. The van der Waals surface area contributed by atoms with Crippen LogP contribution in [-0.4, -0.2) is 0 Å². The molecule has 0 aliphatic rings. The van der Waals surface area contributed by atoms with Crippen LogP contribution in [0.4, 0.5) is 57.4 Å². The fourth-order valence-corrected chi connectivity index (χ4v) is 6.42. The van der Waals surface area contributed by atoms with Crippen molar-refractivity contribution in [2.24, 2.45) is 0 Å². The molecule has 0 atom stereocenters. The topological polar surface area (TPSA) is 0 Å². The number of hydrogen-bond donors (Lipinski definition) is 0. The van der Waals surface area contributed by atoms with Crippen molar-refractivity contribution >= 4 is 46.2 Å². The van der Waals surface area contributed by atoms with Gasteiger partial charge in [-0.15, -0.1) is 31.1 Å². The molecular weight excluding hydrogens is 689 g/mol. The average Bonchev–Trinajstić information content (AvgIpc) is 2.75. The summed E-state index contributed by atoms with van der Waals surface area (Å²) in [4.78, 5) is -4.10. The molecule has 0 bridgehead atoms. The molecule has 0 saturated carbocycles. The minimum absolute atomic E-state index is 0.108. The first-order valence-electron chi connectivity index (χ1n) is 10.8. The Morgan fingerprint density at radius 2 is 1.00 bits per heavy atom. The molecule has 238 valence electrons. The van der Waals surface area contributed by atoms with Gasteiger partial charge in [-0.2, -0.15) is 26.3 Å². The fraction of sp³-hybridized carbons (Fsp3) is 0.167. The molecular formula is C24H18Cl2F14S2. The minimum atomic E-state index is -9.20. The summed E-state index contributed by atoms with van der Waals surface area (Å²) in [5.41, 5.74) is -4.04. The fourth-order valence-electron chi connectivity index (χ4n) is 3.23. The molecule has 0 saturated heterocycles.